The minimum atomic E-state index is 0.817. The molecule has 0 aliphatic heterocycles. The smallest absolute Gasteiger partial charge is 0.160 e. The molecule has 5 heterocycles. The summed E-state index contributed by atoms with van der Waals surface area (Å²) in [5, 5.41) is 0. The minimum Gasteiger partial charge on any atom is -0.297 e. The zero-order valence-corrected chi connectivity index (χ0v) is 26.4. The molecule has 0 bridgehead atoms. The molecule has 5 rings (SSSR count). The molecule has 0 aromatic carbocycles. The van der Waals surface area contributed by atoms with Gasteiger partial charge in [0, 0.05) is 39.0 Å². The number of rotatable bonds is 14. The molecule has 0 aliphatic rings. The normalized spacial score (nSPS) is 11.3. The van der Waals surface area contributed by atoms with E-state index < -0.39 is 0 Å². The maximum atomic E-state index is 11.5. The van der Waals surface area contributed by atoms with Crippen LogP contribution in [-0.2, 0) is 12.8 Å². The molecule has 0 radical (unpaired) electrons. The zero-order valence-electron chi connectivity index (χ0n) is 22.3. The van der Waals surface area contributed by atoms with Gasteiger partial charge in [0.1, 0.15) is 0 Å². The van der Waals surface area contributed by atoms with Crippen LogP contribution < -0.4 is 0 Å². The highest BCUT2D eigenvalue weighted by molar-refractivity contribution is 7.30. The fraction of sp³-hybridized carbons (Fsp3) is 0.312. The SMILES string of the molecule is CCCCCc1cc(C=O)sc1-c1ccc(-c2ccc(-c3ccc(-c4sc(C=O)cc4CCCCC)s3)s2)s1. The van der Waals surface area contributed by atoms with Crippen LogP contribution in [0.3, 0.4) is 0 Å². The van der Waals surface area contributed by atoms with Gasteiger partial charge in [0.2, 0.25) is 0 Å². The third-order valence-corrected chi connectivity index (χ3v) is 13.0. The van der Waals surface area contributed by atoms with Crippen molar-refractivity contribution in [3.63, 3.8) is 0 Å². The van der Waals surface area contributed by atoms with E-state index in [4.69, 9.17) is 0 Å². The van der Waals surface area contributed by atoms with E-state index in [1.165, 1.54) is 75.8 Å². The van der Waals surface area contributed by atoms with Crippen molar-refractivity contribution in [2.45, 2.75) is 65.2 Å². The van der Waals surface area contributed by atoms with Crippen molar-refractivity contribution in [2.24, 2.45) is 0 Å². The second-order valence-corrected chi connectivity index (χ2v) is 15.1. The van der Waals surface area contributed by atoms with Crippen molar-refractivity contribution >= 4 is 69.3 Å². The standard InChI is InChI=1S/C32H32O2S5/c1-3-5-7-9-21-17-23(19-33)35-31(21)29-15-13-27(38-29)25-11-12-26(37-25)28-14-16-30(39-28)32-22(10-8-6-4-2)18-24(20-34)36-32/h11-20H,3-10H2,1-2H3. The van der Waals surface area contributed by atoms with Crippen LogP contribution >= 0.6 is 56.7 Å². The number of aryl methyl sites for hydroxylation is 2. The van der Waals surface area contributed by atoms with Crippen LogP contribution in [0.15, 0.2) is 48.5 Å². The van der Waals surface area contributed by atoms with Gasteiger partial charge in [-0.2, -0.15) is 0 Å². The highest BCUT2D eigenvalue weighted by Crippen LogP contribution is 2.46. The first kappa shape index (κ1) is 28.4. The Labute approximate surface area is 251 Å². The highest BCUT2D eigenvalue weighted by atomic mass is 32.1. The largest absolute Gasteiger partial charge is 0.297 e. The van der Waals surface area contributed by atoms with Crippen LogP contribution in [0.5, 0.6) is 0 Å². The Morgan fingerprint density at radius 2 is 0.872 bits per heavy atom. The molecule has 0 amide bonds. The molecular formula is C32H32O2S5. The van der Waals surface area contributed by atoms with E-state index in [1.807, 2.05) is 34.0 Å². The predicted molar refractivity (Wildman–Crippen MR) is 175 cm³/mol. The quantitative estimate of drug-likeness (QED) is 0.0928. The Kier molecular flexibility index (Phi) is 9.80. The molecule has 5 aromatic rings. The second-order valence-electron chi connectivity index (χ2n) is 9.65. The number of aldehydes is 2. The summed E-state index contributed by atoms with van der Waals surface area (Å²) in [6, 6.07) is 17.5. The summed E-state index contributed by atoms with van der Waals surface area (Å²) in [5.74, 6) is 0. The molecule has 39 heavy (non-hydrogen) atoms. The Bertz CT molecular complexity index is 1430. The van der Waals surface area contributed by atoms with Crippen LogP contribution in [0.25, 0.3) is 39.0 Å². The molecule has 7 heteroatoms. The van der Waals surface area contributed by atoms with Gasteiger partial charge >= 0.3 is 0 Å². The zero-order chi connectivity index (χ0) is 27.2. The van der Waals surface area contributed by atoms with Gasteiger partial charge in [0.15, 0.2) is 12.6 Å². The van der Waals surface area contributed by atoms with Crippen LogP contribution in [-0.4, -0.2) is 12.6 Å². The maximum absolute atomic E-state index is 11.5. The fourth-order valence-electron chi connectivity index (χ4n) is 4.72. The summed E-state index contributed by atoms with van der Waals surface area (Å²) >= 11 is 8.71. The van der Waals surface area contributed by atoms with E-state index >= 15 is 0 Å². The Hall–Kier alpha value is -2.16. The van der Waals surface area contributed by atoms with Crippen LogP contribution in [0.4, 0.5) is 0 Å². The van der Waals surface area contributed by atoms with Gasteiger partial charge in [-0.15, -0.1) is 56.7 Å². The first-order valence-electron chi connectivity index (χ1n) is 13.6. The molecule has 0 unspecified atom stereocenters. The topological polar surface area (TPSA) is 34.1 Å². The summed E-state index contributed by atoms with van der Waals surface area (Å²) in [6.07, 6.45) is 11.2. The summed E-state index contributed by atoms with van der Waals surface area (Å²) in [5.41, 5.74) is 2.62. The number of carbonyl (C=O) groups is 2. The van der Waals surface area contributed by atoms with Crippen molar-refractivity contribution in [2.75, 3.05) is 0 Å². The van der Waals surface area contributed by atoms with Gasteiger partial charge in [0.05, 0.1) is 9.75 Å². The van der Waals surface area contributed by atoms with E-state index in [0.29, 0.717) is 0 Å². The lowest BCUT2D eigenvalue weighted by Gasteiger charge is -2.01. The van der Waals surface area contributed by atoms with Gasteiger partial charge < -0.3 is 0 Å². The van der Waals surface area contributed by atoms with Crippen LogP contribution in [0, 0.1) is 0 Å². The van der Waals surface area contributed by atoms with Gasteiger partial charge in [-0.3, -0.25) is 9.59 Å². The Morgan fingerprint density at radius 3 is 1.23 bits per heavy atom. The number of hydrogen-bond acceptors (Lipinski definition) is 7. The van der Waals surface area contributed by atoms with Crippen LogP contribution in [0.2, 0.25) is 0 Å². The number of unbranched alkanes of at least 4 members (excludes halogenated alkanes) is 4. The Morgan fingerprint density at radius 1 is 0.513 bits per heavy atom. The summed E-state index contributed by atoms with van der Waals surface area (Å²) < 4.78 is 0. The minimum absolute atomic E-state index is 0.817. The molecule has 202 valence electrons. The van der Waals surface area contributed by atoms with Gasteiger partial charge in [-0.05, 0) is 85.3 Å². The van der Waals surface area contributed by atoms with Crippen molar-refractivity contribution in [3.8, 4) is 39.0 Å². The predicted octanol–water partition coefficient (Wildman–Crippen LogP) is 11.8. The summed E-state index contributed by atoms with van der Waals surface area (Å²) in [4.78, 5) is 34.7. The molecule has 0 N–H and O–H groups in total. The summed E-state index contributed by atoms with van der Waals surface area (Å²) in [6.45, 7) is 4.45. The van der Waals surface area contributed by atoms with Gasteiger partial charge in [-0.25, -0.2) is 0 Å². The molecule has 0 saturated heterocycles. The molecule has 5 aromatic heterocycles. The molecule has 0 atom stereocenters. The average Bonchev–Trinajstić information content (AvgIpc) is 3.77. The van der Waals surface area contributed by atoms with E-state index in [0.717, 1.165) is 48.0 Å². The number of thiophene rings is 5. The molecule has 0 spiro atoms. The van der Waals surface area contributed by atoms with E-state index in [9.17, 15) is 9.59 Å². The number of hydrogen-bond donors (Lipinski definition) is 0. The summed E-state index contributed by atoms with van der Waals surface area (Å²) in [7, 11) is 0. The highest BCUT2D eigenvalue weighted by Gasteiger charge is 2.17. The molecule has 2 nitrogen and oxygen atoms in total. The maximum Gasteiger partial charge on any atom is 0.160 e. The van der Waals surface area contributed by atoms with Gasteiger partial charge in [-0.1, -0.05) is 39.5 Å². The first-order valence-corrected chi connectivity index (χ1v) is 17.7. The molecular weight excluding hydrogens is 577 g/mol. The Balaban J connectivity index is 1.36. The molecule has 0 saturated carbocycles. The van der Waals surface area contributed by atoms with E-state index in [1.54, 1.807) is 22.7 Å². The van der Waals surface area contributed by atoms with Crippen LogP contribution in [0.1, 0.15) is 82.8 Å². The van der Waals surface area contributed by atoms with Crippen molar-refractivity contribution in [3.05, 3.63) is 69.4 Å². The first-order chi connectivity index (χ1) is 19.1. The molecule has 0 fully saturated rings. The third-order valence-electron chi connectivity index (χ3n) is 6.74. The van der Waals surface area contributed by atoms with Crippen molar-refractivity contribution < 1.29 is 9.59 Å². The average molecular weight is 609 g/mol. The number of carbonyl (C=O) groups excluding carboxylic acids is 2. The lowest BCUT2D eigenvalue weighted by atomic mass is 10.1. The molecule has 0 aliphatic carbocycles. The van der Waals surface area contributed by atoms with Gasteiger partial charge in [0.25, 0.3) is 0 Å². The second kappa shape index (κ2) is 13.5. The fourth-order valence-corrected chi connectivity index (χ4v) is 10.3. The third kappa shape index (κ3) is 6.60. The van der Waals surface area contributed by atoms with E-state index in [2.05, 4.69) is 62.4 Å². The van der Waals surface area contributed by atoms with Crippen molar-refractivity contribution in [1.82, 2.24) is 0 Å². The van der Waals surface area contributed by atoms with E-state index in [-0.39, 0.29) is 0 Å². The van der Waals surface area contributed by atoms with Crippen molar-refractivity contribution in [1.29, 1.82) is 0 Å². The lowest BCUT2D eigenvalue weighted by Crippen LogP contribution is -1.84. The lowest BCUT2D eigenvalue weighted by molar-refractivity contribution is 0.111. The monoisotopic (exact) mass is 608 g/mol.